The van der Waals surface area contributed by atoms with Crippen LogP contribution in [0.5, 0.6) is 0 Å². The van der Waals surface area contributed by atoms with E-state index in [0.717, 1.165) is 27.9 Å². The highest BCUT2D eigenvalue weighted by Crippen LogP contribution is 2.21. The molecular formula is C18H20N4O2S. The molecule has 1 N–H and O–H groups in total. The van der Waals surface area contributed by atoms with Crippen molar-refractivity contribution in [1.29, 1.82) is 0 Å². The minimum Gasteiger partial charge on any atom is -0.459 e. The van der Waals surface area contributed by atoms with Crippen LogP contribution in [0.25, 0.3) is 0 Å². The lowest BCUT2D eigenvalue weighted by molar-refractivity contribution is -0.145. The smallest absolute Gasteiger partial charge is 0.308 e. The third kappa shape index (κ3) is 4.90. The Bertz CT molecular complexity index is 842. The Balaban J connectivity index is 1.45. The van der Waals surface area contributed by atoms with Gasteiger partial charge in [0.2, 0.25) is 0 Å². The molecule has 0 bridgehead atoms. The van der Waals surface area contributed by atoms with E-state index in [1.807, 2.05) is 60.3 Å². The fraction of sp³-hybridized carbons (Fsp3) is 0.278. The summed E-state index contributed by atoms with van der Waals surface area (Å²) in [4.78, 5) is 16.3. The van der Waals surface area contributed by atoms with Crippen LogP contribution in [0, 0.1) is 13.8 Å². The summed E-state index contributed by atoms with van der Waals surface area (Å²) in [7, 11) is 0. The number of nitrogens with zero attached hydrogens (tertiary/aromatic N) is 3. The van der Waals surface area contributed by atoms with Crippen molar-refractivity contribution in [1.82, 2.24) is 14.8 Å². The van der Waals surface area contributed by atoms with E-state index in [1.54, 1.807) is 0 Å². The predicted molar refractivity (Wildman–Crippen MR) is 98.0 cm³/mol. The third-order valence-electron chi connectivity index (χ3n) is 3.59. The molecule has 130 valence electrons. The van der Waals surface area contributed by atoms with Crippen molar-refractivity contribution in [3.8, 4) is 0 Å². The summed E-state index contributed by atoms with van der Waals surface area (Å²) < 4.78 is 7.12. The summed E-state index contributed by atoms with van der Waals surface area (Å²) in [5.41, 5.74) is 3.71. The number of aromatic nitrogens is 3. The first-order chi connectivity index (χ1) is 12.1. The van der Waals surface area contributed by atoms with Crippen molar-refractivity contribution < 1.29 is 9.53 Å². The molecule has 25 heavy (non-hydrogen) atoms. The molecule has 0 radical (unpaired) electrons. The summed E-state index contributed by atoms with van der Waals surface area (Å²) >= 11 is 1.48. The van der Waals surface area contributed by atoms with Crippen molar-refractivity contribution in [3.63, 3.8) is 0 Å². The number of rotatable bonds is 7. The molecule has 0 fully saturated rings. The molecule has 7 heteroatoms. The average Bonchev–Trinajstić information content (AvgIpc) is 3.17. The van der Waals surface area contributed by atoms with Gasteiger partial charge in [0.15, 0.2) is 5.13 Å². The van der Waals surface area contributed by atoms with Gasteiger partial charge in [-0.05, 0) is 32.0 Å². The summed E-state index contributed by atoms with van der Waals surface area (Å²) in [6.45, 7) is 4.62. The molecule has 2 aromatic heterocycles. The van der Waals surface area contributed by atoms with Gasteiger partial charge in [-0.1, -0.05) is 18.2 Å². The van der Waals surface area contributed by atoms with Gasteiger partial charge in [0.05, 0.1) is 24.4 Å². The highest BCUT2D eigenvalue weighted by atomic mass is 32.1. The fourth-order valence-corrected chi connectivity index (χ4v) is 3.12. The molecule has 0 amide bonds. The molecule has 3 aromatic rings. The number of aryl methyl sites for hydroxylation is 3. The Kier molecular flexibility index (Phi) is 5.45. The maximum Gasteiger partial charge on any atom is 0.308 e. The molecule has 2 heterocycles. The number of hydrogen-bond donors (Lipinski definition) is 1. The monoisotopic (exact) mass is 356 g/mol. The van der Waals surface area contributed by atoms with Gasteiger partial charge in [-0.25, -0.2) is 4.98 Å². The molecule has 3 rings (SSSR count). The average molecular weight is 356 g/mol. The quantitative estimate of drug-likeness (QED) is 0.652. The Hall–Kier alpha value is -2.67. The van der Waals surface area contributed by atoms with Crippen LogP contribution in [0.3, 0.4) is 0 Å². The zero-order valence-electron chi connectivity index (χ0n) is 14.2. The summed E-state index contributed by atoms with van der Waals surface area (Å²) in [6.07, 6.45) is 0.293. The standard InChI is InChI=1S/C18H20N4O2S/c1-13-10-14(2)22(21-13)9-8-17(23)24-11-16-12-25-18(20-16)19-15-6-4-3-5-7-15/h3-7,10,12H,8-9,11H2,1-2H3,(H,19,20). The van der Waals surface area contributed by atoms with Gasteiger partial charge in [-0.3, -0.25) is 9.48 Å². The molecule has 0 aliphatic heterocycles. The fourth-order valence-electron chi connectivity index (χ4n) is 2.40. The van der Waals surface area contributed by atoms with Crippen molar-refractivity contribution >= 4 is 28.1 Å². The first kappa shape index (κ1) is 17.2. The lowest BCUT2D eigenvalue weighted by Crippen LogP contribution is -2.11. The minimum absolute atomic E-state index is 0.183. The van der Waals surface area contributed by atoms with Crippen molar-refractivity contribution in [3.05, 3.63) is 58.9 Å². The van der Waals surface area contributed by atoms with Gasteiger partial charge in [0, 0.05) is 16.8 Å². The van der Waals surface area contributed by atoms with E-state index >= 15 is 0 Å². The Morgan fingerprint density at radius 3 is 2.80 bits per heavy atom. The molecule has 0 spiro atoms. The van der Waals surface area contributed by atoms with E-state index in [9.17, 15) is 4.79 Å². The van der Waals surface area contributed by atoms with E-state index in [0.29, 0.717) is 13.0 Å². The summed E-state index contributed by atoms with van der Waals surface area (Å²) in [5, 5.41) is 10.2. The molecule has 0 saturated heterocycles. The number of anilines is 2. The second-order valence-corrected chi connectivity index (χ2v) is 6.55. The van der Waals surface area contributed by atoms with E-state index < -0.39 is 0 Å². The van der Waals surface area contributed by atoms with Gasteiger partial charge in [0.25, 0.3) is 0 Å². The van der Waals surface area contributed by atoms with Crippen molar-refractivity contribution in [2.75, 3.05) is 5.32 Å². The predicted octanol–water partition coefficient (Wildman–Crippen LogP) is 3.83. The zero-order valence-corrected chi connectivity index (χ0v) is 15.0. The molecule has 0 saturated carbocycles. The summed E-state index contributed by atoms with van der Waals surface area (Å²) in [5.74, 6) is -0.252. The second-order valence-electron chi connectivity index (χ2n) is 5.70. The molecule has 1 aromatic carbocycles. The number of carbonyl (C=O) groups is 1. The second kappa shape index (κ2) is 7.94. The first-order valence-corrected chi connectivity index (χ1v) is 8.91. The Morgan fingerprint density at radius 1 is 1.28 bits per heavy atom. The number of benzene rings is 1. The first-order valence-electron chi connectivity index (χ1n) is 8.03. The number of thiazole rings is 1. The third-order valence-corrected chi connectivity index (χ3v) is 4.40. The summed E-state index contributed by atoms with van der Waals surface area (Å²) in [6, 6.07) is 11.8. The van der Waals surface area contributed by atoms with Crippen molar-refractivity contribution in [2.45, 2.75) is 33.4 Å². The highest BCUT2D eigenvalue weighted by molar-refractivity contribution is 7.13. The topological polar surface area (TPSA) is 69.0 Å². The van der Waals surface area contributed by atoms with E-state index in [1.165, 1.54) is 11.3 Å². The normalized spacial score (nSPS) is 10.6. The van der Waals surface area contributed by atoms with Gasteiger partial charge >= 0.3 is 5.97 Å². The van der Waals surface area contributed by atoms with Crippen LogP contribution in [-0.4, -0.2) is 20.7 Å². The molecule has 0 unspecified atom stereocenters. The van der Waals surface area contributed by atoms with Gasteiger partial charge in [0.1, 0.15) is 6.61 Å². The Morgan fingerprint density at radius 2 is 2.08 bits per heavy atom. The van der Waals surface area contributed by atoms with Crippen LogP contribution in [-0.2, 0) is 22.7 Å². The minimum atomic E-state index is -0.252. The van der Waals surface area contributed by atoms with Crippen LogP contribution in [0.15, 0.2) is 41.8 Å². The van der Waals surface area contributed by atoms with Gasteiger partial charge in [-0.2, -0.15) is 5.10 Å². The zero-order chi connectivity index (χ0) is 17.6. The number of ether oxygens (including phenoxy) is 1. The van der Waals surface area contributed by atoms with Crippen LogP contribution in [0.4, 0.5) is 10.8 Å². The van der Waals surface area contributed by atoms with Gasteiger partial charge < -0.3 is 10.1 Å². The Labute approximate surface area is 150 Å². The van der Waals surface area contributed by atoms with E-state index in [4.69, 9.17) is 4.74 Å². The maximum absolute atomic E-state index is 11.9. The van der Waals surface area contributed by atoms with E-state index in [-0.39, 0.29) is 12.6 Å². The SMILES string of the molecule is Cc1cc(C)n(CCC(=O)OCc2csc(Nc3ccccc3)n2)n1. The largest absolute Gasteiger partial charge is 0.459 e. The van der Waals surface area contributed by atoms with Crippen LogP contribution >= 0.6 is 11.3 Å². The van der Waals surface area contributed by atoms with Crippen LogP contribution in [0.1, 0.15) is 23.5 Å². The maximum atomic E-state index is 11.9. The number of nitrogens with one attached hydrogen (secondary N) is 1. The number of carbonyl (C=O) groups excluding carboxylic acids is 1. The van der Waals surface area contributed by atoms with E-state index in [2.05, 4.69) is 15.4 Å². The number of esters is 1. The molecule has 0 aliphatic rings. The molecule has 6 nitrogen and oxygen atoms in total. The van der Waals surface area contributed by atoms with Gasteiger partial charge in [-0.15, -0.1) is 11.3 Å². The van der Waals surface area contributed by atoms with Crippen LogP contribution in [0.2, 0.25) is 0 Å². The molecule has 0 atom stereocenters. The number of hydrogen-bond acceptors (Lipinski definition) is 6. The molecular weight excluding hydrogens is 336 g/mol. The lowest BCUT2D eigenvalue weighted by atomic mass is 10.3. The van der Waals surface area contributed by atoms with Crippen molar-refractivity contribution in [2.24, 2.45) is 0 Å². The molecule has 0 aliphatic carbocycles. The lowest BCUT2D eigenvalue weighted by Gasteiger charge is -2.05. The van der Waals surface area contributed by atoms with Crippen LogP contribution < -0.4 is 5.32 Å². The highest BCUT2D eigenvalue weighted by Gasteiger charge is 2.09. The number of para-hydroxylation sites is 1.